The summed E-state index contributed by atoms with van der Waals surface area (Å²) in [4.78, 5) is 29.5. The standard InChI is InChI=1S/C15H19N3O3S/c1-4-21-11-7-5-10(6-8-11)16-13(19)9-12-14(20)17-15(22-12)18(2)3/h5-8,12H,4,9H2,1-3H3,(H,16,19). The van der Waals surface area contributed by atoms with E-state index in [9.17, 15) is 9.59 Å². The lowest BCUT2D eigenvalue weighted by atomic mass is 10.2. The second-order valence-electron chi connectivity index (χ2n) is 4.94. The lowest BCUT2D eigenvalue weighted by Crippen LogP contribution is -2.22. The van der Waals surface area contributed by atoms with E-state index in [2.05, 4.69) is 10.3 Å². The number of anilines is 1. The minimum Gasteiger partial charge on any atom is -0.494 e. The van der Waals surface area contributed by atoms with Gasteiger partial charge in [0.15, 0.2) is 5.17 Å². The third-order valence-corrected chi connectivity index (χ3v) is 4.25. The van der Waals surface area contributed by atoms with Gasteiger partial charge in [-0.15, -0.1) is 0 Å². The summed E-state index contributed by atoms with van der Waals surface area (Å²) in [5.41, 5.74) is 0.678. The summed E-state index contributed by atoms with van der Waals surface area (Å²) in [5, 5.41) is 2.98. The lowest BCUT2D eigenvalue weighted by Gasteiger charge is -2.12. The van der Waals surface area contributed by atoms with E-state index >= 15 is 0 Å². The minimum absolute atomic E-state index is 0.109. The average Bonchev–Trinajstić information content (AvgIpc) is 2.83. The third kappa shape index (κ3) is 4.24. The van der Waals surface area contributed by atoms with Crippen molar-refractivity contribution in [3.05, 3.63) is 24.3 Å². The molecule has 0 spiro atoms. The van der Waals surface area contributed by atoms with Crippen LogP contribution in [0.2, 0.25) is 0 Å². The van der Waals surface area contributed by atoms with Gasteiger partial charge in [-0.1, -0.05) is 11.8 Å². The molecule has 118 valence electrons. The van der Waals surface area contributed by atoms with Gasteiger partial charge in [-0.2, -0.15) is 4.99 Å². The number of nitrogens with zero attached hydrogens (tertiary/aromatic N) is 2. The topological polar surface area (TPSA) is 71.0 Å². The van der Waals surface area contributed by atoms with Crippen molar-refractivity contribution in [3.8, 4) is 5.75 Å². The first-order valence-corrected chi connectivity index (χ1v) is 7.86. The van der Waals surface area contributed by atoms with Gasteiger partial charge in [-0.05, 0) is 31.2 Å². The van der Waals surface area contributed by atoms with Gasteiger partial charge in [0.25, 0.3) is 5.91 Å². The summed E-state index contributed by atoms with van der Waals surface area (Å²) in [5.74, 6) is 0.298. The van der Waals surface area contributed by atoms with E-state index in [0.29, 0.717) is 17.5 Å². The molecule has 0 saturated heterocycles. The molecule has 0 aromatic heterocycles. The Balaban J connectivity index is 1.87. The molecule has 1 aliphatic heterocycles. The minimum atomic E-state index is -0.444. The van der Waals surface area contributed by atoms with Crippen molar-refractivity contribution >= 4 is 34.4 Å². The Labute approximate surface area is 133 Å². The molecule has 1 aromatic carbocycles. The van der Waals surface area contributed by atoms with Crippen LogP contribution in [-0.4, -0.2) is 47.8 Å². The Morgan fingerprint density at radius 2 is 2.05 bits per heavy atom. The van der Waals surface area contributed by atoms with E-state index < -0.39 is 5.25 Å². The fraction of sp³-hybridized carbons (Fsp3) is 0.400. The van der Waals surface area contributed by atoms with Crippen LogP contribution in [0, 0.1) is 0 Å². The van der Waals surface area contributed by atoms with E-state index in [-0.39, 0.29) is 18.2 Å². The van der Waals surface area contributed by atoms with Gasteiger partial charge in [0, 0.05) is 26.2 Å². The maximum atomic E-state index is 12.0. The molecule has 2 amide bonds. The number of amidine groups is 1. The summed E-state index contributed by atoms with van der Waals surface area (Å²) in [6, 6.07) is 7.13. The highest BCUT2D eigenvalue weighted by Gasteiger charge is 2.31. The zero-order chi connectivity index (χ0) is 16.1. The molecule has 0 fully saturated rings. The highest BCUT2D eigenvalue weighted by Crippen LogP contribution is 2.26. The normalized spacial score (nSPS) is 17.1. The molecular weight excluding hydrogens is 302 g/mol. The van der Waals surface area contributed by atoms with Gasteiger partial charge in [0.05, 0.1) is 6.61 Å². The number of carbonyl (C=O) groups is 2. The van der Waals surface area contributed by atoms with E-state index in [1.54, 1.807) is 29.2 Å². The molecule has 0 aliphatic carbocycles. The lowest BCUT2D eigenvalue weighted by molar-refractivity contribution is -0.121. The summed E-state index contributed by atoms with van der Waals surface area (Å²) in [6.45, 7) is 2.51. The van der Waals surface area contributed by atoms with E-state index in [1.807, 2.05) is 21.0 Å². The number of carbonyl (C=O) groups excluding carboxylic acids is 2. The summed E-state index contributed by atoms with van der Waals surface area (Å²) < 4.78 is 5.34. The summed E-state index contributed by atoms with van der Waals surface area (Å²) in [6.07, 6.45) is 0.109. The predicted octanol–water partition coefficient (Wildman–Crippen LogP) is 1.97. The average molecular weight is 321 g/mol. The molecule has 1 aromatic rings. The van der Waals surface area contributed by atoms with Crippen molar-refractivity contribution in [2.75, 3.05) is 26.0 Å². The monoisotopic (exact) mass is 321 g/mol. The van der Waals surface area contributed by atoms with E-state index in [1.165, 1.54) is 11.8 Å². The first-order valence-electron chi connectivity index (χ1n) is 6.99. The first kappa shape index (κ1) is 16.4. The van der Waals surface area contributed by atoms with Gasteiger partial charge >= 0.3 is 0 Å². The highest BCUT2D eigenvalue weighted by molar-refractivity contribution is 8.15. The van der Waals surface area contributed by atoms with Gasteiger partial charge in [-0.25, -0.2) is 0 Å². The maximum absolute atomic E-state index is 12.0. The quantitative estimate of drug-likeness (QED) is 0.898. The Kier molecular flexibility index (Phi) is 5.43. The van der Waals surface area contributed by atoms with Gasteiger partial charge < -0.3 is 15.0 Å². The fourth-order valence-electron chi connectivity index (χ4n) is 1.89. The predicted molar refractivity (Wildman–Crippen MR) is 88.4 cm³/mol. The molecule has 1 N–H and O–H groups in total. The molecule has 7 heteroatoms. The zero-order valence-corrected chi connectivity index (χ0v) is 13.6. The molecule has 1 atom stereocenters. The van der Waals surface area contributed by atoms with Gasteiger partial charge in [0.2, 0.25) is 5.91 Å². The highest BCUT2D eigenvalue weighted by atomic mass is 32.2. The van der Waals surface area contributed by atoms with Crippen molar-refractivity contribution in [3.63, 3.8) is 0 Å². The number of hydrogen-bond donors (Lipinski definition) is 1. The summed E-state index contributed by atoms with van der Waals surface area (Å²) in [7, 11) is 3.64. The number of hydrogen-bond acceptors (Lipinski definition) is 5. The van der Waals surface area contributed by atoms with Crippen molar-refractivity contribution in [2.45, 2.75) is 18.6 Å². The Morgan fingerprint density at radius 3 is 2.59 bits per heavy atom. The molecule has 22 heavy (non-hydrogen) atoms. The van der Waals surface area contributed by atoms with Crippen molar-refractivity contribution in [1.82, 2.24) is 4.90 Å². The van der Waals surface area contributed by atoms with Gasteiger partial charge in [0.1, 0.15) is 11.0 Å². The smallest absolute Gasteiger partial charge is 0.262 e. The number of nitrogens with one attached hydrogen (secondary N) is 1. The Hall–Kier alpha value is -2.02. The molecule has 2 rings (SSSR count). The van der Waals surface area contributed by atoms with Crippen LogP contribution < -0.4 is 10.1 Å². The molecule has 0 radical (unpaired) electrons. The SMILES string of the molecule is CCOc1ccc(NC(=O)CC2SC(N(C)C)=NC2=O)cc1. The van der Waals surface area contributed by atoms with Crippen LogP contribution in [0.15, 0.2) is 29.3 Å². The van der Waals surface area contributed by atoms with Crippen LogP contribution in [-0.2, 0) is 9.59 Å². The zero-order valence-electron chi connectivity index (χ0n) is 12.8. The number of aliphatic imine (C=N–C) groups is 1. The third-order valence-electron chi connectivity index (χ3n) is 2.93. The molecule has 1 aliphatic rings. The molecule has 6 nitrogen and oxygen atoms in total. The van der Waals surface area contributed by atoms with Crippen LogP contribution in [0.1, 0.15) is 13.3 Å². The molecule has 0 bridgehead atoms. The Morgan fingerprint density at radius 1 is 1.36 bits per heavy atom. The number of thioether (sulfide) groups is 1. The number of rotatable bonds is 5. The number of ether oxygens (including phenoxy) is 1. The van der Waals surface area contributed by atoms with Crippen molar-refractivity contribution in [1.29, 1.82) is 0 Å². The second kappa shape index (κ2) is 7.31. The maximum Gasteiger partial charge on any atom is 0.262 e. The van der Waals surface area contributed by atoms with Crippen LogP contribution in [0.3, 0.4) is 0 Å². The molecule has 0 saturated carbocycles. The van der Waals surface area contributed by atoms with Crippen molar-refractivity contribution < 1.29 is 14.3 Å². The number of benzene rings is 1. The van der Waals surface area contributed by atoms with Crippen molar-refractivity contribution in [2.24, 2.45) is 4.99 Å². The largest absolute Gasteiger partial charge is 0.494 e. The first-order chi connectivity index (χ1) is 10.5. The molecule has 1 heterocycles. The molecule has 1 unspecified atom stereocenters. The fourth-order valence-corrected chi connectivity index (χ4v) is 2.88. The second-order valence-corrected chi connectivity index (χ2v) is 6.11. The van der Waals surface area contributed by atoms with Crippen LogP contribution in [0.25, 0.3) is 0 Å². The van der Waals surface area contributed by atoms with E-state index in [0.717, 1.165) is 5.75 Å². The van der Waals surface area contributed by atoms with E-state index in [4.69, 9.17) is 4.74 Å². The summed E-state index contributed by atoms with van der Waals surface area (Å²) >= 11 is 1.32. The molecular formula is C15H19N3O3S. The van der Waals surface area contributed by atoms with Crippen LogP contribution in [0.4, 0.5) is 5.69 Å². The van der Waals surface area contributed by atoms with Crippen LogP contribution in [0.5, 0.6) is 5.75 Å². The van der Waals surface area contributed by atoms with Crippen LogP contribution >= 0.6 is 11.8 Å². The number of amides is 2. The van der Waals surface area contributed by atoms with Gasteiger partial charge in [-0.3, -0.25) is 9.59 Å². The Bertz CT molecular complexity index is 584.